The van der Waals surface area contributed by atoms with Gasteiger partial charge in [-0.25, -0.2) is 0 Å². The number of carbonyl (C=O) groups is 2. The Hall–Kier alpha value is -4.88. The summed E-state index contributed by atoms with van der Waals surface area (Å²) < 4.78 is 11.9. The second kappa shape index (κ2) is 13.4. The third kappa shape index (κ3) is 6.96. The molecule has 0 aromatic heterocycles. The molecule has 5 rings (SSSR count). The van der Waals surface area contributed by atoms with Crippen LogP contribution in [0.1, 0.15) is 33.9 Å². The first-order valence-corrected chi connectivity index (χ1v) is 14.3. The standard InChI is InChI=1S/C36H36N2O5/c1-25-22-29(16-19-31(25)43-24-27-12-8-5-9-13-27)34(39)32-33(38(21-20-37(2)3)36(41)35(32)40)28-14-17-30(18-15-28)42-23-26-10-6-4-7-11-26/h4-19,22,33,39H,20-21,23-24H2,1-3H3/b34-32+. The number of aliphatic hydroxyl groups is 1. The van der Waals surface area contributed by atoms with E-state index in [1.165, 1.54) is 4.90 Å². The van der Waals surface area contributed by atoms with Crippen molar-refractivity contribution in [2.75, 3.05) is 27.2 Å². The molecule has 7 heteroatoms. The van der Waals surface area contributed by atoms with Crippen molar-refractivity contribution in [2.45, 2.75) is 26.2 Å². The Kier molecular flexibility index (Phi) is 9.23. The van der Waals surface area contributed by atoms with E-state index in [0.29, 0.717) is 48.9 Å². The molecule has 1 amide bonds. The number of aryl methyl sites for hydroxylation is 1. The molecule has 1 N–H and O–H groups in total. The zero-order chi connectivity index (χ0) is 30.3. The van der Waals surface area contributed by atoms with E-state index in [0.717, 1.165) is 16.7 Å². The monoisotopic (exact) mass is 576 g/mol. The molecule has 0 saturated carbocycles. The molecule has 4 aromatic carbocycles. The fourth-order valence-corrected chi connectivity index (χ4v) is 5.10. The van der Waals surface area contributed by atoms with Gasteiger partial charge in [0.15, 0.2) is 0 Å². The fourth-order valence-electron chi connectivity index (χ4n) is 5.10. The van der Waals surface area contributed by atoms with E-state index in [4.69, 9.17) is 9.47 Å². The van der Waals surface area contributed by atoms with Gasteiger partial charge in [0.25, 0.3) is 11.7 Å². The van der Waals surface area contributed by atoms with Crippen molar-refractivity contribution < 1.29 is 24.2 Å². The fraction of sp³-hybridized carbons (Fsp3) is 0.222. The SMILES string of the molecule is Cc1cc(/C(O)=C2\C(=O)C(=O)N(CCN(C)C)C2c2ccc(OCc3ccccc3)cc2)ccc1OCc1ccccc1. The highest BCUT2D eigenvalue weighted by atomic mass is 16.5. The molecular weight excluding hydrogens is 540 g/mol. The van der Waals surface area contributed by atoms with Crippen molar-refractivity contribution >= 4 is 17.4 Å². The van der Waals surface area contributed by atoms with Crippen LogP contribution in [0.15, 0.2) is 109 Å². The van der Waals surface area contributed by atoms with Crippen molar-refractivity contribution in [3.8, 4) is 11.5 Å². The zero-order valence-corrected chi connectivity index (χ0v) is 24.7. The summed E-state index contributed by atoms with van der Waals surface area (Å²) in [7, 11) is 3.82. The van der Waals surface area contributed by atoms with Crippen LogP contribution in [0.2, 0.25) is 0 Å². The van der Waals surface area contributed by atoms with Crippen LogP contribution in [0, 0.1) is 6.92 Å². The maximum Gasteiger partial charge on any atom is 0.295 e. The first kappa shape index (κ1) is 29.6. The van der Waals surface area contributed by atoms with E-state index in [1.807, 2.05) is 111 Å². The van der Waals surface area contributed by atoms with Crippen LogP contribution >= 0.6 is 0 Å². The van der Waals surface area contributed by atoms with Gasteiger partial charge in [0.05, 0.1) is 11.6 Å². The van der Waals surface area contributed by atoms with Crippen LogP contribution in [0.25, 0.3) is 5.76 Å². The highest BCUT2D eigenvalue weighted by Crippen LogP contribution is 2.40. The summed E-state index contributed by atoms with van der Waals surface area (Å²) in [5.74, 6) is -0.197. The summed E-state index contributed by atoms with van der Waals surface area (Å²) in [5, 5.41) is 11.5. The van der Waals surface area contributed by atoms with Crippen molar-refractivity contribution in [3.05, 3.63) is 137 Å². The van der Waals surface area contributed by atoms with Crippen LogP contribution < -0.4 is 9.47 Å². The Morgan fingerprint density at radius 1 is 0.814 bits per heavy atom. The molecule has 0 bridgehead atoms. The predicted octanol–water partition coefficient (Wildman–Crippen LogP) is 6.14. The molecule has 0 radical (unpaired) electrons. The quantitative estimate of drug-likeness (QED) is 0.131. The summed E-state index contributed by atoms with van der Waals surface area (Å²) in [6.07, 6.45) is 0. The number of rotatable bonds is 11. The lowest BCUT2D eigenvalue weighted by molar-refractivity contribution is -0.140. The Morgan fingerprint density at radius 3 is 2.00 bits per heavy atom. The van der Waals surface area contributed by atoms with E-state index in [1.54, 1.807) is 18.2 Å². The summed E-state index contributed by atoms with van der Waals surface area (Å²) in [4.78, 5) is 30.2. The van der Waals surface area contributed by atoms with Gasteiger partial charge in [0.1, 0.15) is 30.5 Å². The van der Waals surface area contributed by atoms with E-state index in [9.17, 15) is 14.7 Å². The number of benzene rings is 4. The smallest absolute Gasteiger partial charge is 0.295 e. The molecule has 1 heterocycles. The Labute approximate surface area is 252 Å². The average molecular weight is 577 g/mol. The first-order chi connectivity index (χ1) is 20.8. The third-order valence-electron chi connectivity index (χ3n) is 7.46. The number of Topliss-reactive ketones (excluding diaryl/α,β-unsaturated/α-hetero) is 1. The van der Waals surface area contributed by atoms with Gasteiger partial charge in [0, 0.05) is 18.7 Å². The van der Waals surface area contributed by atoms with E-state index in [2.05, 4.69) is 0 Å². The van der Waals surface area contributed by atoms with E-state index < -0.39 is 17.7 Å². The van der Waals surface area contributed by atoms with E-state index in [-0.39, 0.29) is 11.3 Å². The lowest BCUT2D eigenvalue weighted by Gasteiger charge is -2.26. The van der Waals surface area contributed by atoms with Gasteiger partial charge >= 0.3 is 0 Å². The molecule has 1 saturated heterocycles. The number of hydrogen-bond donors (Lipinski definition) is 1. The highest BCUT2D eigenvalue weighted by molar-refractivity contribution is 6.46. The minimum atomic E-state index is -0.738. The number of carbonyl (C=O) groups excluding carboxylic acids is 2. The Balaban J connectivity index is 1.43. The molecule has 1 atom stereocenters. The minimum Gasteiger partial charge on any atom is -0.507 e. The molecule has 0 aliphatic carbocycles. The average Bonchev–Trinajstić information content (AvgIpc) is 3.28. The molecule has 43 heavy (non-hydrogen) atoms. The van der Waals surface area contributed by atoms with Gasteiger partial charge < -0.3 is 24.4 Å². The van der Waals surface area contributed by atoms with Crippen molar-refractivity contribution in [1.82, 2.24) is 9.80 Å². The van der Waals surface area contributed by atoms with Crippen LogP contribution in [0.5, 0.6) is 11.5 Å². The lowest BCUT2D eigenvalue weighted by Crippen LogP contribution is -2.35. The number of aliphatic hydroxyl groups excluding tert-OH is 1. The third-order valence-corrected chi connectivity index (χ3v) is 7.46. The zero-order valence-electron chi connectivity index (χ0n) is 24.7. The topological polar surface area (TPSA) is 79.3 Å². The van der Waals surface area contributed by atoms with Gasteiger partial charge in [-0.05, 0) is 73.6 Å². The molecule has 1 fully saturated rings. The number of ketones is 1. The molecule has 0 spiro atoms. The van der Waals surface area contributed by atoms with E-state index >= 15 is 0 Å². The normalized spacial score (nSPS) is 16.1. The van der Waals surface area contributed by atoms with Gasteiger partial charge in [0.2, 0.25) is 0 Å². The van der Waals surface area contributed by atoms with Gasteiger partial charge in [-0.15, -0.1) is 0 Å². The first-order valence-electron chi connectivity index (χ1n) is 14.3. The molecule has 4 aromatic rings. The number of nitrogens with zero attached hydrogens (tertiary/aromatic N) is 2. The number of hydrogen-bond acceptors (Lipinski definition) is 6. The summed E-state index contributed by atoms with van der Waals surface area (Å²) >= 11 is 0. The molecule has 1 aliphatic rings. The summed E-state index contributed by atoms with van der Waals surface area (Å²) in [5.41, 5.74) is 4.13. The molecule has 7 nitrogen and oxygen atoms in total. The molecule has 1 unspecified atom stereocenters. The van der Waals surface area contributed by atoms with Crippen LogP contribution in [0.4, 0.5) is 0 Å². The number of likely N-dealkylation sites (N-methyl/N-ethyl adjacent to an activating group) is 1. The maximum atomic E-state index is 13.4. The second-order valence-corrected chi connectivity index (χ2v) is 10.9. The van der Waals surface area contributed by atoms with Crippen molar-refractivity contribution in [2.24, 2.45) is 0 Å². The second-order valence-electron chi connectivity index (χ2n) is 10.9. The minimum absolute atomic E-state index is 0.0686. The molecular formula is C36H36N2O5. The van der Waals surface area contributed by atoms with Gasteiger partial charge in [-0.3, -0.25) is 9.59 Å². The number of amides is 1. The van der Waals surface area contributed by atoms with Crippen LogP contribution in [-0.2, 0) is 22.8 Å². The Bertz CT molecular complexity index is 1600. The van der Waals surface area contributed by atoms with Crippen LogP contribution in [0.3, 0.4) is 0 Å². The summed E-state index contributed by atoms with van der Waals surface area (Å²) in [6.45, 7) is 3.62. The molecule has 1 aliphatic heterocycles. The lowest BCUT2D eigenvalue weighted by atomic mass is 9.94. The van der Waals surface area contributed by atoms with Crippen LogP contribution in [-0.4, -0.2) is 53.8 Å². The predicted molar refractivity (Wildman–Crippen MR) is 167 cm³/mol. The maximum absolute atomic E-state index is 13.4. The summed E-state index contributed by atoms with van der Waals surface area (Å²) in [6, 6.07) is 31.6. The number of ether oxygens (including phenoxy) is 2. The highest BCUT2D eigenvalue weighted by Gasteiger charge is 2.45. The largest absolute Gasteiger partial charge is 0.507 e. The van der Waals surface area contributed by atoms with Gasteiger partial charge in [-0.1, -0.05) is 72.8 Å². The Morgan fingerprint density at radius 2 is 1.42 bits per heavy atom. The van der Waals surface area contributed by atoms with Gasteiger partial charge in [-0.2, -0.15) is 0 Å². The molecule has 220 valence electrons. The van der Waals surface area contributed by atoms with Crippen molar-refractivity contribution in [1.29, 1.82) is 0 Å². The van der Waals surface area contributed by atoms with Crippen molar-refractivity contribution in [3.63, 3.8) is 0 Å². The number of likely N-dealkylation sites (tertiary alicyclic amines) is 1.